The Labute approximate surface area is 101 Å². The van der Waals surface area contributed by atoms with Crippen LogP contribution in [0.5, 0.6) is 5.75 Å². The first kappa shape index (κ1) is 14.7. The smallest absolute Gasteiger partial charge is 0.116 e. The minimum absolute atomic E-state index is 0. The number of aliphatic hydroxyl groups is 1. The summed E-state index contributed by atoms with van der Waals surface area (Å²) in [6.45, 7) is 3.42. The Kier molecular flexibility index (Phi) is 6.90. The second-order valence-electron chi connectivity index (χ2n) is 3.13. The van der Waals surface area contributed by atoms with Crippen LogP contribution in [0.1, 0.15) is 5.56 Å². The Morgan fingerprint density at radius 1 is 1.18 bits per heavy atom. The van der Waals surface area contributed by atoms with Crippen LogP contribution >= 0.6 is 0 Å². The van der Waals surface area contributed by atoms with Gasteiger partial charge in [-0.05, 0) is 29.8 Å². The molecule has 0 aliphatic carbocycles. The van der Waals surface area contributed by atoms with Gasteiger partial charge in [0.1, 0.15) is 11.5 Å². The van der Waals surface area contributed by atoms with Gasteiger partial charge in [0.15, 0.2) is 0 Å². The molecule has 0 aromatic heterocycles. The predicted octanol–water partition coefficient (Wildman–Crippen LogP) is 2.76. The number of benzene rings is 1. The van der Waals surface area contributed by atoms with Crippen LogP contribution < -0.4 is 0 Å². The molecule has 17 heavy (non-hydrogen) atoms. The topological polar surface area (TPSA) is 72.0 Å². The lowest BCUT2D eigenvalue weighted by atomic mass is 10.2. The second-order valence-corrected chi connectivity index (χ2v) is 3.13. The largest absolute Gasteiger partial charge is 0.508 e. The Morgan fingerprint density at radius 3 is 2.59 bits per heavy atom. The van der Waals surface area contributed by atoms with Crippen molar-refractivity contribution in [3.05, 3.63) is 72.5 Å². The molecule has 0 spiro atoms. The van der Waals surface area contributed by atoms with E-state index in [-0.39, 0.29) is 17.0 Å². The van der Waals surface area contributed by atoms with E-state index in [1.165, 1.54) is 6.08 Å². The van der Waals surface area contributed by atoms with E-state index in [2.05, 4.69) is 6.58 Å². The predicted molar refractivity (Wildman–Crippen MR) is 70.8 cm³/mol. The summed E-state index contributed by atoms with van der Waals surface area (Å²) in [5.41, 5.74) is 0.918. The molecule has 3 heteroatoms. The number of hydrogen-bond acceptors (Lipinski definition) is 2. The van der Waals surface area contributed by atoms with E-state index in [9.17, 15) is 5.11 Å². The zero-order valence-electron chi connectivity index (χ0n) is 9.38. The maximum atomic E-state index is 9.21. The van der Waals surface area contributed by atoms with Crippen molar-refractivity contribution in [1.82, 2.24) is 0 Å². The van der Waals surface area contributed by atoms with E-state index in [4.69, 9.17) is 5.11 Å². The summed E-state index contributed by atoms with van der Waals surface area (Å²) in [5, 5.41) is 18.3. The first-order valence-corrected chi connectivity index (χ1v) is 4.88. The van der Waals surface area contributed by atoms with Crippen LogP contribution in [0.2, 0.25) is 0 Å². The molecule has 90 valence electrons. The van der Waals surface area contributed by atoms with Crippen LogP contribution in [0.25, 0.3) is 6.08 Å². The number of allylic oxidation sites excluding steroid dienone is 5. The number of phenols is 1. The molecule has 4 N–H and O–H groups in total. The van der Waals surface area contributed by atoms with Gasteiger partial charge in [-0.25, -0.2) is 0 Å². The van der Waals surface area contributed by atoms with E-state index in [0.29, 0.717) is 0 Å². The van der Waals surface area contributed by atoms with Gasteiger partial charge in [-0.2, -0.15) is 0 Å². The quantitative estimate of drug-likeness (QED) is 0.619. The molecule has 0 bridgehead atoms. The fourth-order valence-corrected chi connectivity index (χ4v) is 1.08. The lowest BCUT2D eigenvalue weighted by Crippen LogP contribution is -1.70. The third-order valence-corrected chi connectivity index (χ3v) is 1.86. The summed E-state index contributed by atoms with van der Waals surface area (Å²) in [6, 6.07) is 6.96. The summed E-state index contributed by atoms with van der Waals surface area (Å²) < 4.78 is 0. The monoisotopic (exact) mass is 232 g/mol. The summed E-state index contributed by atoms with van der Waals surface area (Å²) in [7, 11) is 0. The van der Waals surface area contributed by atoms with Crippen LogP contribution in [0, 0.1) is 0 Å². The van der Waals surface area contributed by atoms with E-state index in [1.54, 1.807) is 36.4 Å². The molecule has 0 heterocycles. The van der Waals surface area contributed by atoms with Gasteiger partial charge in [0, 0.05) is 0 Å². The Hall–Kier alpha value is -2.26. The number of aromatic hydroxyl groups is 1. The molecule has 1 rings (SSSR count). The van der Waals surface area contributed by atoms with Gasteiger partial charge in [0.2, 0.25) is 0 Å². The van der Waals surface area contributed by atoms with Crippen molar-refractivity contribution in [3.8, 4) is 5.75 Å². The molecule has 3 nitrogen and oxygen atoms in total. The van der Waals surface area contributed by atoms with Crippen LogP contribution in [-0.2, 0) is 0 Å². The fourth-order valence-electron chi connectivity index (χ4n) is 1.08. The molecule has 0 atom stereocenters. The molecule has 0 fully saturated rings. The first-order valence-electron chi connectivity index (χ1n) is 4.88. The highest BCUT2D eigenvalue weighted by atomic mass is 16.3. The normalized spacial score (nSPS) is 11.6. The van der Waals surface area contributed by atoms with E-state index < -0.39 is 0 Å². The highest BCUT2D eigenvalue weighted by Crippen LogP contribution is 2.11. The third-order valence-electron chi connectivity index (χ3n) is 1.86. The van der Waals surface area contributed by atoms with Gasteiger partial charge in [-0.3, -0.25) is 0 Å². The molecule has 0 unspecified atom stereocenters. The summed E-state index contributed by atoms with van der Waals surface area (Å²) in [4.78, 5) is 0. The first-order chi connectivity index (χ1) is 7.72. The summed E-state index contributed by atoms with van der Waals surface area (Å²) >= 11 is 0. The van der Waals surface area contributed by atoms with E-state index in [1.807, 2.05) is 18.2 Å². The molecular weight excluding hydrogens is 216 g/mol. The van der Waals surface area contributed by atoms with Crippen molar-refractivity contribution < 1.29 is 15.7 Å². The number of phenolic OH excluding ortho intramolecular Hbond substituents is 1. The fraction of sp³-hybridized carbons (Fsp3) is 0. The van der Waals surface area contributed by atoms with Gasteiger partial charge in [-0.15, -0.1) is 0 Å². The average Bonchev–Trinajstić information content (AvgIpc) is 2.28. The van der Waals surface area contributed by atoms with Crippen molar-refractivity contribution in [2.75, 3.05) is 0 Å². The summed E-state index contributed by atoms with van der Waals surface area (Å²) in [6.07, 6.45) is 10.1. The molecule has 1 aromatic carbocycles. The number of rotatable bonds is 4. The zero-order chi connectivity index (χ0) is 11.8. The van der Waals surface area contributed by atoms with Gasteiger partial charge >= 0.3 is 0 Å². The lowest BCUT2D eigenvalue weighted by molar-refractivity contribution is 0.433. The highest BCUT2D eigenvalue weighted by molar-refractivity contribution is 5.53. The molecule has 1 aromatic rings. The maximum absolute atomic E-state index is 9.21. The van der Waals surface area contributed by atoms with Crippen LogP contribution in [0.15, 0.2) is 67.0 Å². The maximum Gasteiger partial charge on any atom is 0.116 e. The van der Waals surface area contributed by atoms with Crippen molar-refractivity contribution in [3.63, 3.8) is 0 Å². The van der Waals surface area contributed by atoms with E-state index in [0.717, 1.165) is 5.56 Å². The Bertz CT molecular complexity index is 443. The zero-order valence-corrected chi connectivity index (χ0v) is 9.38. The van der Waals surface area contributed by atoms with Crippen molar-refractivity contribution in [2.45, 2.75) is 0 Å². The number of hydrogen-bond donors (Lipinski definition) is 2. The highest BCUT2D eigenvalue weighted by Gasteiger charge is 1.87. The van der Waals surface area contributed by atoms with Crippen LogP contribution in [-0.4, -0.2) is 15.7 Å². The molecule has 0 radical (unpaired) electrons. The molecule has 0 aliphatic rings. The molecule has 0 aliphatic heterocycles. The van der Waals surface area contributed by atoms with Gasteiger partial charge in [0.05, 0.1) is 0 Å². The lowest BCUT2D eigenvalue weighted by Gasteiger charge is -1.92. The van der Waals surface area contributed by atoms with E-state index >= 15 is 0 Å². The molecular formula is C14H16O3. The molecule has 0 saturated heterocycles. The standard InChI is InChI=1S/C14H14O2.H2O/c1-2-13(15)9-5-3-4-7-12-8-6-10-14(16)11-12;/h2-11,15-16H,1H2;1H2/b5-3+,7-4+,13-9+;. The van der Waals surface area contributed by atoms with Crippen LogP contribution in [0.4, 0.5) is 0 Å². The van der Waals surface area contributed by atoms with Gasteiger partial charge in [-0.1, -0.05) is 43.0 Å². The van der Waals surface area contributed by atoms with Crippen LogP contribution in [0.3, 0.4) is 0 Å². The molecule has 0 amide bonds. The van der Waals surface area contributed by atoms with Gasteiger partial charge in [0.25, 0.3) is 0 Å². The second kappa shape index (κ2) is 7.96. The average molecular weight is 232 g/mol. The Morgan fingerprint density at radius 2 is 1.94 bits per heavy atom. The third kappa shape index (κ3) is 6.02. The minimum atomic E-state index is 0. The Balaban J connectivity index is 0.00000256. The number of aliphatic hydroxyl groups excluding tert-OH is 1. The summed E-state index contributed by atoms with van der Waals surface area (Å²) in [5.74, 6) is 0.373. The van der Waals surface area contributed by atoms with Crippen molar-refractivity contribution in [2.24, 2.45) is 0 Å². The minimum Gasteiger partial charge on any atom is -0.508 e. The SMILES string of the molecule is C=C\C(O)=C/C=C/C=C/c1cccc(O)c1.O. The van der Waals surface area contributed by atoms with Gasteiger partial charge < -0.3 is 15.7 Å². The van der Waals surface area contributed by atoms with Crippen molar-refractivity contribution >= 4 is 6.08 Å². The molecule has 0 saturated carbocycles. The van der Waals surface area contributed by atoms with Crippen molar-refractivity contribution in [1.29, 1.82) is 0 Å².